The van der Waals surface area contributed by atoms with Crippen molar-refractivity contribution < 1.29 is 4.42 Å². The number of hydrogen-bond donors (Lipinski definition) is 2. The Morgan fingerprint density at radius 2 is 1.79 bits per heavy atom. The summed E-state index contributed by atoms with van der Waals surface area (Å²) in [6.07, 6.45) is 1.66. The molecule has 4 rings (SSSR count). The summed E-state index contributed by atoms with van der Waals surface area (Å²) >= 11 is 0. The average Bonchev–Trinajstić information content (AvgIpc) is 3.43. The maximum absolute atomic E-state index is 5.68. The minimum atomic E-state index is 0. The molecular weight excluding hydrogens is 541 g/mol. The zero-order valence-electron chi connectivity index (χ0n) is 19.8. The predicted molar refractivity (Wildman–Crippen MR) is 144 cm³/mol. The van der Waals surface area contributed by atoms with Crippen molar-refractivity contribution >= 4 is 29.9 Å². The van der Waals surface area contributed by atoms with Crippen LogP contribution in [0.4, 0.5) is 0 Å². The van der Waals surface area contributed by atoms with Gasteiger partial charge in [-0.25, -0.2) is 9.98 Å². The summed E-state index contributed by atoms with van der Waals surface area (Å²) in [6.45, 7) is 6.96. The molecule has 1 unspecified atom stereocenters. The first-order valence-electron chi connectivity index (χ1n) is 11.0. The van der Waals surface area contributed by atoms with Crippen LogP contribution < -0.4 is 10.6 Å². The Morgan fingerprint density at radius 1 is 1.06 bits per heavy atom. The fourth-order valence-electron chi connectivity index (χ4n) is 3.32. The van der Waals surface area contributed by atoms with E-state index < -0.39 is 0 Å². The number of nitrogens with one attached hydrogen (secondary N) is 2. The number of rotatable bonds is 7. The molecule has 2 aromatic heterocycles. The second kappa shape index (κ2) is 11.8. The smallest absolute Gasteiger partial charge is 0.226 e. The van der Waals surface area contributed by atoms with E-state index in [0.29, 0.717) is 24.9 Å². The Hall–Kier alpha value is -3.21. The lowest BCUT2D eigenvalue weighted by molar-refractivity contribution is 0.572. The molecule has 34 heavy (non-hydrogen) atoms. The average molecular weight is 571 g/mol. The normalized spacial score (nSPS) is 12.2. The number of hydrogen-bond acceptors (Lipinski definition) is 5. The van der Waals surface area contributed by atoms with Gasteiger partial charge in [0.25, 0.3) is 0 Å². The van der Waals surface area contributed by atoms with Gasteiger partial charge >= 0.3 is 0 Å². The first kappa shape index (κ1) is 25.4. The van der Waals surface area contributed by atoms with Gasteiger partial charge in [0.05, 0.1) is 19.1 Å². The predicted octanol–water partition coefficient (Wildman–Crippen LogP) is 4.70. The van der Waals surface area contributed by atoms with Crippen LogP contribution >= 0.6 is 24.0 Å². The van der Waals surface area contributed by atoms with E-state index >= 15 is 0 Å². The molecule has 0 saturated heterocycles. The Labute approximate surface area is 217 Å². The number of halogens is 1. The van der Waals surface area contributed by atoms with Gasteiger partial charge in [-0.2, -0.15) is 0 Å². The first-order chi connectivity index (χ1) is 16.0. The molecule has 1 atom stereocenters. The number of aromatic nitrogens is 4. The Morgan fingerprint density at radius 3 is 2.47 bits per heavy atom. The van der Waals surface area contributed by atoms with Crippen LogP contribution in [-0.2, 0) is 20.1 Å². The highest BCUT2D eigenvalue weighted by atomic mass is 127. The topological polar surface area (TPSA) is 93.2 Å². The standard InChI is InChI=1S/C25H29N7O.HI/c1-17-10-12-21(13-11-17)24-29-22(16-33-24)14-26-25(27-15-23-31-30-19(3)32(23)4)28-18(2)20-8-6-5-7-9-20;/h5-13,16,18H,14-15H2,1-4H3,(H2,26,27,28);1H. The maximum Gasteiger partial charge on any atom is 0.226 e. The molecule has 0 saturated carbocycles. The van der Waals surface area contributed by atoms with Crippen LogP contribution in [0, 0.1) is 13.8 Å². The van der Waals surface area contributed by atoms with Gasteiger partial charge in [-0.15, -0.1) is 34.2 Å². The minimum Gasteiger partial charge on any atom is -0.444 e. The van der Waals surface area contributed by atoms with Gasteiger partial charge in [0.15, 0.2) is 11.8 Å². The second-order valence-corrected chi connectivity index (χ2v) is 8.03. The van der Waals surface area contributed by atoms with E-state index in [0.717, 1.165) is 22.9 Å². The van der Waals surface area contributed by atoms with E-state index in [1.54, 1.807) is 6.26 Å². The second-order valence-electron chi connectivity index (χ2n) is 8.03. The van der Waals surface area contributed by atoms with Crippen molar-refractivity contribution in [3.8, 4) is 11.5 Å². The molecule has 0 aliphatic rings. The van der Waals surface area contributed by atoms with Gasteiger partial charge in [0, 0.05) is 12.6 Å². The van der Waals surface area contributed by atoms with Crippen LogP contribution in [0.1, 0.15) is 41.4 Å². The van der Waals surface area contributed by atoms with Crippen molar-refractivity contribution in [2.24, 2.45) is 12.0 Å². The summed E-state index contributed by atoms with van der Waals surface area (Å²) in [5.74, 6) is 2.95. The monoisotopic (exact) mass is 571 g/mol. The molecule has 2 aromatic carbocycles. The number of benzene rings is 2. The third-order valence-electron chi connectivity index (χ3n) is 5.50. The highest BCUT2D eigenvalue weighted by molar-refractivity contribution is 14.0. The number of guanidine groups is 1. The van der Waals surface area contributed by atoms with E-state index in [1.807, 2.05) is 61.0 Å². The molecule has 8 nitrogen and oxygen atoms in total. The van der Waals surface area contributed by atoms with E-state index in [2.05, 4.69) is 51.8 Å². The van der Waals surface area contributed by atoms with Crippen molar-refractivity contribution in [1.29, 1.82) is 0 Å². The third kappa shape index (κ3) is 6.43. The Bertz CT molecular complexity index is 1220. The van der Waals surface area contributed by atoms with E-state index in [4.69, 9.17) is 9.41 Å². The van der Waals surface area contributed by atoms with Crippen molar-refractivity contribution in [3.05, 3.63) is 89.3 Å². The summed E-state index contributed by atoms with van der Waals surface area (Å²) < 4.78 is 7.63. The largest absolute Gasteiger partial charge is 0.444 e. The molecule has 0 radical (unpaired) electrons. The molecule has 9 heteroatoms. The fraction of sp³-hybridized carbons (Fsp3) is 0.280. The van der Waals surface area contributed by atoms with Crippen LogP contribution in [0.15, 0.2) is 70.3 Å². The van der Waals surface area contributed by atoms with E-state index in [9.17, 15) is 0 Å². The van der Waals surface area contributed by atoms with Gasteiger partial charge < -0.3 is 19.6 Å². The Balaban J connectivity index is 0.00000324. The molecule has 0 aliphatic carbocycles. The van der Waals surface area contributed by atoms with Crippen molar-refractivity contribution in [1.82, 2.24) is 30.4 Å². The fourth-order valence-corrected chi connectivity index (χ4v) is 3.32. The lowest BCUT2D eigenvalue weighted by Gasteiger charge is -2.18. The molecule has 2 heterocycles. The maximum atomic E-state index is 5.68. The van der Waals surface area contributed by atoms with Crippen molar-refractivity contribution in [2.45, 2.75) is 39.9 Å². The SMILES string of the molecule is Cc1ccc(-c2nc(CN=C(NCc3nnc(C)n3C)NC(C)c3ccccc3)co2)cc1.I. The zero-order chi connectivity index (χ0) is 23.2. The summed E-state index contributed by atoms with van der Waals surface area (Å²) in [6, 6.07) is 18.4. The van der Waals surface area contributed by atoms with Crippen LogP contribution in [-0.4, -0.2) is 25.7 Å². The molecule has 0 spiro atoms. The molecule has 2 N–H and O–H groups in total. The lowest BCUT2D eigenvalue weighted by Crippen LogP contribution is -2.39. The molecule has 0 fully saturated rings. The number of nitrogens with zero attached hydrogens (tertiary/aromatic N) is 5. The first-order valence-corrected chi connectivity index (χ1v) is 11.0. The lowest BCUT2D eigenvalue weighted by atomic mass is 10.1. The Kier molecular flexibility index (Phi) is 8.80. The molecule has 0 bridgehead atoms. The molecule has 178 valence electrons. The highest BCUT2D eigenvalue weighted by Gasteiger charge is 2.11. The number of aliphatic imine (C=N–C) groups is 1. The van der Waals surface area contributed by atoms with E-state index in [-0.39, 0.29) is 30.0 Å². The van der Waals surface area contributed by atoms with Crippen LogP contribution in [0.5, 0.6) is 0 Å². The van der Waals surface area contributed by atoms with Gasteiger partial charge in [-0.05, 0) is 38.5 Å². The van der Waals surface area contributed by atoms with Crippen LogP contribution in [0.3, 0.4) is 0 Å². The van der Waals surface area contributed by atoms with Crippen LogP contribution in [0.25, 0.3) is 11.5 Å². The van der Waals surface area contributed by atoms with Crippen molar-refractivity contribution in [2.75, 3.05) is 0 Å². The third-order valence-corrected chi connectivity index (χ3v) is 5.50. The summed E-state index contributed by atoms with van der Waals surface area (Å²) in [7, 11) is 1.95. The van der Waals surface area contributed by atoms with Crippen molar-refractivity contribution in [3.63, 3.8) is 0 Å². The molecule has 0 amide bonds. The summed E-state index contributed by atoms with van der Waals surface area (Å²) in [5.41, 5.74) is 4.07. The zero-order valence-corrected chi connectivity index (χ0v) is 22.1. The van der Waals surface area contributed by atoms with Gasteiger partial charge in [0.1, 0.15) is 17.8 Å². The summed E-state index contributed by atoms with van der Waals surface area (Å²) in [4.78, 5) is 9.35. The minimum absolute atomic E-state index is 0. The molecular formula is C25H30IN7O. The molecule has 4 aromatic rings. The van der Waals surface area contributed by atoms with E-state index in [1.165, 1.54) is 11.1 Å². The highest BCUT2D eigenvalue weighted by Crippen LogP contribution is 2.19. The van der Waals surface area contributed by atoms with Gasteiger partial charge in [-0.1, -0.05) is 48.0 Å². The quantitative estimate of drug-likeness (QED) is 0.190. The van der Waals surface area contributed by atoms with Gasteiger partial charge in [0.2, 0.25) is 5.89 Å². The summed E-state index contributed by atoms with van der Waals surface area (Å²) in [5, 5.41) is 15.2. The van der Waals surface area contributed by atoms with Gasteiger partial charge in [-0.3, -0.25) is 0 Å². The molecule has 0 aliphatic heterocycles. The number of oxazole rings is 1. The van der Waals surface area contributed by atoms with Crippen LogP contribution in [0.2, 0.25) is 0 Å². The number of aryl methyl sites for hydroxylation is 2.